The molecule has 0 amide bonds. The van der Waals surface area contributed by atoms with Gasteiger partial charge in [0, 0.05) is 0 Å². The van der Waals surface area contributed by atoms with E-state index in [4.69, 9.17) is 29.0 Å². The first-order valence-electron chi connectivity index (χ1n) is 5.87. The van der Waals surface area contributed by atoms with Crippen LogP contribution in [-0.4, -0.2) is 0 Å². The first kappa shape index (κ1) is 15.2. The molecule has 2 nitrogen and oxygen atoms in total. The summed E-state index contributed by atoms with van der Waals surface area (Å²) in [4.78, 5) is 0. The van der Waals surface area contributed by atoms with E-state index >= 15 is 0 Å². The van der Waals surface area contributed by atoms with Crippen molar-refractivity contribution in [2.45, 2.75) is 12.5 Å². The van der Waals surface area contributed by atoms with Gasteiger partial charge in [0.1, 0.15) is 11.6 Å². The Labute approximate surface area is 125 Å². The number of halogens is 4. The molecule has 6 heteroatoms. The largest absolute Gasteiger partial charge is 0.271 e. The summed E-state index contributed by atoms with van der Waals surface area (Å²) in [6.45, 7) is 0. The molecule has 20 heavy (non-hydrogen) atoms. The molecule has 1 atom stereocenters. The standard InChI is InChI=1S/C14H12Cl2F2N2/c15-10-5-1-3-8(14(10)18)7-12(20-19)9-4-2-6-11(17)13(9)16/h1-6,12,20H,7,19H2. The molecule has 0 saturated carbocycles. The SMILES string of the molecule is NNC(Cc1cccc(Cl)c1F)c1cccc(F)c1Cl. The second kappa shape index (κ2) is 6.50. The normalized spacial score (nSPS) is 12.4. The van der Waals surface area contributed by atoms with Crippen LogP contribution in [0.2, 0.25) is 10.0 Å². The van der Waals surface area contributed by atoms with Gasteiger partial charge in [-0.3, -0.25) is 11.3 Å². The first-order valence-corrected chi connectivity index (χ1v) is 6.63. The van der Waals surface area contributed by atoms with Crippen molar-refractivity contribution in [3.63, 3.8) is 0 Å². The number of nitrogens with two attached hydrogens (primary N) is 1. The van der Waals surface area contributed by atoms with E-state index in [2.05, 4.69) is 5.43 Å². The van der Waals surface area contributed by atoms with E-state index in [1.807, 2.05) is 0 Å². The van der Waals surface area contributed by atoms with Crippen LogP contribution >= 0.6 is 23.2 Å². The highest BCUT2D eigenvalue weighted by atomic mass is 35.5. The maximum atomic E-state index is 13.9. The molecular weight excluding hydrogens is 305 g/mol. The van der Waals surface area contributed by atoms with E-state index in [1.54, 1.807) is 18.2 Å². The maximum Gasteiger partial charge on any atom is 0.145 e. The van der Waals surface area contributed by atoms with Crippen LogP contribution in [0.1, 0.15) is 17.2 Å². The number of hydrogen-bond donors (Lipinski definition) is 2. The zero-order valence-corrected chi connectivity index (χ0v) is 11.8. The number of hydrogen-bond acceptors (Lipinski definition) is 2. The van der Waals surface area contributed by atoms with E-state index in [-0.39, 0.29) is 16.5 Å². The summed E-state index contributed by atoms with van der Waals surface area (Å²) >= 11 is 11.6. The van der Waals surface area contributed by atoms with Crippen LogP contribution < -0.4 is 11.3 Å². The average Bonchev–Trinajstić information content (AvgIpc) is 2.44. The fraction of sp³-hybridized carbons (Fsp3) is 0.143. The maximum absolute atomic E-state index is 13.9. The minimum absolute atomic E-state index is 0.0297. The van der Waals surface area contributed by atoms with Crippen molar-refractivity contribution in [2.75, 3.05) is 0 Å². The highest BCUT2D eigenvalue weighted by Gasteiger charge is 2.18. The third kappa shape index (κ3) is 3.10. The molecule has 0 spiro atoms. The molecule has 0 saturated heterocycles. The molecule has 0 aliphatic carbocycles. The van der Waals surface area contributed by atoms with Gasteiger partial charge in [-0.25, -0.2) is 8.78 Å². The predicted octanol–water partition coefficient (Wildman–Crippen LogP) is 4.02. The van der Waals surface area contributed by atoms with Crippen molar-refractivity contribution in [1.82, 2.24) is 5.43 Å². The lowest BCUT2D eigenvalue weighted by Gasteiger charge is -2.18. The minimum atomic E-state index is -0.545. The van der Waals surface area contributed by atoms with Gasteiger partial charge in [-0.15, -0.1) is 0 Å². The van der Waals surface area contributed by atoms with Gasteiger partial charge in [-0.1, -0.05) is 47.5 Å². The van der Waals surface area contributed by atoms with E-state index < -0.39 is 17.7 Å². The highest BCUT2D eigenvalue weighted by Crippen LogP contribution is 2.29. The lowest BCUT2D eigenvalue weighted by molar-refractivity contribution is 0.525. The second-order valence-electron chi connectivity index (χ2n) is 4.28. The van der Waals surface area contributed by atoms with Crippen molar-refractivity contribution in [1.29, 1.82) is 0 Å². The fourth-order valence-electron chi connectivity index (χ4n) is 1.97. The molecular formula is C14H12Cl2F2N2. The van der Waals surface area contributed by atoms with Crippen LogP contribution in [0.25, 0.3) is 0 Å². The summed E-state index contributed by atoms with van der Waals surface area (Å²) < 4.78 is 27.3. The Morgan fingerprint density at radius 1 is 1.10 bits per heavy atom. The predicted molar refractivity (Wildman–Crippen MR) is 76.6 cm³/mol. The van der Waals surface area contributed by atoms with Gasteiger partial charge in [0.05, 0.1) is 16.1 Å². The number of hydrazine groups is 1. The van der Waals surface area contributed by atoms with Crippen LogP contribution in [0.5, 0.6) is 0 Å². The van der Waals surface area contributed by atoms with Crippen molar-refractivity contribution >= 4 is 23.2 Å². The van der Waals surface area contributed by atoms with Gasteiger partial charge >= 0.3 is 0 Å². The second-order valence-corrected chi connectivity index (χ2v) is 5.06. The van der Waals surface area contributed by atoms with Crippen molar-refractivity contribution in [2.24, 2.45) is 5.84 Å². The Hall–Kier alpha value is -1.20. The average molecular weight is 317 g/mol. The minimum Gasteiger partial charge on any atom is -0.271 e. The van der Waals surface area contributed by atoms with Crippen LogP contribution in [0.15, 0.2) is 36.4 Å². The van der Waals surface area contributed by atoms with Gasteiger partial charge in [0.15, 0.2) is 0 Å². The smallest absolute Gasteiger partial charge is 0.145 e. The molecule has 0 aromatic heterocycles. The number of nitrogens with one attached hydrogen (secondary N) is 1. The molecule has 0 aliphatic rings. The lowest BCUT2D eigenvalue weighted by atomic mass is 9.99. The Balaban J connectivity index is 2.34. The lowest BCUT2D eigenvalue weighted by Crippen LogP contribution is -2.30. The summed E-state index contributed by atoms with van der Waals surface area (Å²) in [6, 6.07) is 8.58. The van der Waals surface area contributed by atoms with Crippen molar-refractivity contribution in [3.05, 3.63) is 69.2 Å². The van der Waals surface area contributed by atoms with Gasteiger partial charge in [0.2, 0.25) is 0 Å². The Morgan fingerprint density at radius 3 is 2.50 bits per heavy atom. The molecule has 106 valence electrons. The summed E-state index contributed by atoms with van der Waals surface area (Å²) in [5.41, 5.74) is 3.36. The third-order valence-corrected chi connectivity index (χ3v) is 3.70. The topological polar surface area (TPSA) is 38.0 Å². The van der Waals surface area contributed by atoms with Gasteiger partial charge in [0.25, 0.3) is 0 Å². The quantitative estimate of drug-likeness (QED) is 0.660. The monoisotopic (exact) mass is 316 g/mol. The summed E-state index contributed by atoms with van der Waals surface area (Å²) in [5, 5.41) is 0.00139. The number of rotatable bonds is 4. The van der Waals surface area contributed by atoms with Crippen molar-refractivity contribution in [3.8, 4) is 0 Å². The third-order valence-electron chi connectivity index (χ3n) is 3.01. The van der Waals surface area contributed by atoms with Crippen LogP contribution in [0.3, 0.4) is 0 Å². The summed E-state index contributed by atoms with van der Waals surface area (Å²) in [7, 11) is 0. The van der Waals surface area contributed by atoms with Gasteiger partial charge < -0.3 is 0 Å². The van der Waals surface area contributed by atoms with E-state index in [9.17, 15) is 8.78 Å². The first-order chi connectivity index (χ1) is 9.54. The summed E-state index contributed by atoms with van der Waals surface area (Å²) in [6.07, 6.45) is 0.200. The number of benzene rings is 2. The van der Waals surface area contributed by atoms with Crippen LogP contribution in [0, 0.1) is 11.6 Å². The van der Waals surface area contributed by atoms with E-state index in [0.717, 1.165) is 0 Å². The molecule has 0 fully saturated rings. The van der Waals surface area contributed by atoms with E-state index in [1.165, 1.54) is 18.2 Å². The van der Waals surface area contributed by atoms with Gasteiger partial charge in [-0.2, -0.15) is 0 Å². The van der Waals surface area contributed by atoms with Crippen molar-refractivity contribution < 1.29 is 8.78 Å². The molecule has 2 aromatic carbocycles. The Bertz CT molecular complexity index is 620. The Kier molecular flexibility index (Phi) is 4.94. The molecule has 3 N–H and O–H groups in total. The molecule has 0 radical (unpaired) electrons. The zero-order chi connectivity index (χ0) is 14.7. The highest BCUT2D eigenvalue weighted by molar-refractivity contribution is 6.31. The molecule has 1 unspecified atom stereocenters. The Morgan fingerprint density at radius 2 is 1.80 bits per heavy atom. The molecule has 2 rings (SSSR count). The summed E-state index contributed by atoms with van der Waals surface area (Å²) in [5.74, 6) is 4.42. The molecule has 0 bridgehead atoms. The van der Waals surface area contributed by atoms with E-state index in [0.29, 0.717) is 11.1 Å². The van der Waals surface area contributed by atoms with Crippen LogP contribution in [-0.2, 0) is 6.42 Å². The van der Waals surface area contributed by atoms with Gasteiger partial charge in [-0.05, 0) is 29.7 Å². The molecule has 2 aromatic rings. The fourth-order valence-corrected chi connectivity index (χ4v) is 2.43. The van der Waals surface area contributed by atoms with Crippen LogP contribution in [0.4, 0.5) is 8.78 Å². The zero-order valence-electron chi connectivity index (χ0n) is 10.3. The molecule has 0 aliphatic heterocycles. The molecule has 0 heterocycles.